The molecule has 0 amide bonds. The molecule has 0 unspecified atom stereocenters. The van der Waals surface area contributed by atoms with E-state index in [0.717, 1.165) is 10.5 Å². The molecule has 142 valence electrons. The van der Waals surface area contributed by atoms with Gasteiger partial charge in [0.05, 0.1) is 5.69 Å². The summed E-state index contributed by atoms with van der Waals surface area (Å²) in [7, 11) is 0. The molecule has 0 aliphatic rings. The molecular weight excluding hydrogens is 358 g/mol. The molecule has 0 spiro atoms. The number of aromatic nitrogens is 1. The van der Waals surface area contributed by atoms with Crippen molar-refractivity contribution < 1.29 is 0 Å². The first-order valence-electron chi connectivity index (χ1n) is 9.82. The average molecular weight is 386 g/mol. The Bertz CT molecular complexity index is 1150. The highest BCUT2D eigenvalue weighted by Gasteiger charge is 2.16. The number of thiophene rings is 1. The molecule has 0 atom stereocenters. The van der Waals surface area contributed by atoms with Crippen molar-refractivity contribution in [3.8, 4) is 21.7 Å². The number of pyridine rings is 1. The van der Waals surface area contributed by atoms with Gasteiger partial charge in [-0.15, -0.1) is 11.3 Å². The number of hydrogen-bond acceptors (Lipinski definition) is 2. The summed E-state index contributed by atoms with van der Waals surface area (Å²) < 4.78 is 0. The highest BCUT2D eigenvalue weighted by molar-refractivity contribution is 7.21. The third-order valence-corrected chi connectivity index (χ3v) is 6.41. The molecule has 2 heterocycles. The first-order valence-corrected chi connectivity index (χ1v) is 10.6. The van der Waals surface area contributed by atoms with E-state index in [1.54, 1.807) is 11.3 Å². The largest absolute Gasteiger partial charge is 0.237 e. The zero-order valence-electron chi connectivity index (χ0n) is 17.6. The molecule has 0 fully saturated rings. The van der Waals surface area contributed by atoms with Gasteiger partial charge in [-0.1, -0.05) is 50.6 Å². The minimum atomic E-state index is 0.128. The Kier molecular flexibility index (Phi) is 4.63. The molecule has 0 saturated heterocycles. The van der Waals surface area contributed by atoms with Gasteiger partial charge in [0.25, 0.3) is 0 Å². The Hall–Kier alpha value is -2.45. The second-order valence-electron chi connectivity index (χ2n) is 8.81. The van der Waals surface area contributed by atoms with Gasteiger partial charge in [-0.2, -0.15) is 0 Å². The molecule has 2 aromatic heterocycles. The van der Waals surface area contributed by atoms with E-state index in [-0.39, 0.29) is 5.41 Å². The van der Waals surface area contributed by atoms with Crippen LogP contribution in [0.2, 0.25) is 0 Å². The molecule has 0 radical (unpaired) electrons. The van der Waals surface area contributed by atoms with E-state index < -0.39 is 0 Å². The second kappa shape index (κ2) is 6.86. The Morgan fingerprint density at radius 2 is 1.54 bits per heavy atom. The van der Waals surface area contributed by atoms with Crippen LogP contribution in [-0.2, 0) is 5.41 Å². The minimum Gasteiger partial charge on any atom is -0.237 e. The lowest BCUT2D eigenvalue weighted by Gasteiger charge is -2.20. The summed E-state index contributed by atoms with van der Waals surface area (Å²) in [5, 5.41) is 1.22. The lowest BCUT2D eigenvalue weighted by molar-refractivity contribution is 0.590. The van der Waals surface area contributed by atoms with Crippen molar-refractivity contribution in [1.82, 2.24) is 4.98 Å². The van der Waals surface area contributed by atoms with Crippen LogP contribution < -0.4 is 0 Å². The fourth-order valence-corrected chi connectivity index (χ4v) is 4.98. The van der Waals surface area contributed by atoms with Crippen LogP contribution in [-0.4, -0.2) is 4.98 Å². The second-order valence-corrected chi connectivity index (χ2v) is 9.84. The molecule has 1 nitrogen and oxygen atoms in total. The summed E-state index contributed by atoms with van der Waals surface area (Å²) in [6.07, 6.45) is 0. The van der Waals surface area contributed by atoms with Gasteiger partial charge in [0.15, 0.2) is 0 Å². The van der Waals surface area contributed by atoms with E-state index in [9.17, 15) is 0 Å². The summed E-state index contributed by atoms with van der Waals surface area (Å²) >= 11 is 1.79. The maximum absolute atomic E-state index is 5.03. The van der Waals surface area contributed by atoms with Crippen molar-refractivity contribution in [3.05, 3.63) is 76.9 Å². The number of rotatable bonds is 2. The minimum absolute atomic E-state index is 0.128. The van der Waals surface area contributed by atoms with Gasteiger partial charge >= 0.3 is 0 Å². The zero-order valence-corrected chi connectivity index (χ0v) is 18.4. The van der Waals surface area contributed by atoms with Crippen molar-refractivity contribution in [2.75, 3.05) is 0 Å². The summed E-state index contributed by atoms with van der Waals surface area (Å²) in [5.41, 5.74) is 9.01. The molecule has 0 bridgehead atoms. The smallest absolute Gasteiger partial charge is 0.124 e. The first-order chi connectivity index (χ1) is 13.2. The van der Waals surface area contributed by atoms with E-state index in [1.807, 2.05) is 0 Å². The topological polar surface area (TPSA) is 12.9 Å². The Labute approximate surface area is 172 Å². The third-order valence-electron chi connectivity index (χ3n) is 5.35. The van der Waals surface area contributed by atoms with Crippen molar-refractivity contribution >= 4 is 21.6 Å². The van der Waals surface area contributed by atoms with Gasteiger partial charge in [-0.05, 0) is 78.8 Å². The molecular formula is C26H27NS. The summed E-state index contributed by atoms with van der Waals surface area (Å²) in [5.74, 6) is 0. The monoisotopic (exact) mass is 385 g/mol. The van der Waals surface area contributed by atoms with E-state index in [0.29, 0.717) is 0 Å². The van der Waals surface area contributed by atoms with Crippen LogP contribution in [0.1, 0.15) is 43.0 Å². The van der Waals surface area contributed by atoms with Crippen LogP contribution in [0.5, 0.6) is 0 Å². The SMILES string of the molecule is Cc1cc(-c2ccc3cc(-c4c(C)cccc4C)sc3n2)cc(C(C)(C)C)c1. The van der Waals surface area contributed by atoms with E-state index in [4.69, 9.17) is 4.98 Å². The number of fused-ring (bicyclic) bond motifs is 1. The van der Waals surface area contributed by atoms with Crippen LogP contribution in [0.3, 0.4) is 0 Å². The number of nitrogens with zero attached hydrogens (tertiary/aromatic N) is 1. The highest BCUT2D eigenvalue weighted by atomic mass is 32.1. The van der Waals surface area contributed by atoms with Gasteiger partial charge in [0.2, 0.25) is 0 Å². The Balaban J connectivity index is 1.83. The lowest BCUT2D eigenvalue weighted by atomic mass is 9.85. The van der Waals surface area contributed by atoms with E-state index >= 15 is 0 Å². The van der Waals surface area contributed by atoms with Gasteiger partial charge in [-0.3, -0.25) is 0 Å². The molecule has 2 aromatic carbocycles. The summed E-state index contributed by atoms with van der Waals surface area (Å²) in [6.45, 7) is 13.3. The predicted octanol–water partition coefficient (Wildman–Crippen LogP) is 7.85. The summed E-state index contributed by atoms with van der Waals surface area (Å²) in [4.78, 5) is 7.44. The molecule has 0 saturated carbocycles. The predicted molar refractivity (Wildman–Crippen MR) is 123 cm³/mol. The van der Waals surface area contributed by atoms with Crippen LogP contribution in [0.4, 0.5) is 0 Å². The number of benzene rings is 2. The number of hydrogen-bond donors (Lipinski definition) is 0. The normalized spacial score (nSPS) is 11.9. The standard InChI is InChI=1S/C26H27NS/c1-16-12-20(14-21(13-16)26(4,5)6)22-11-10-19-15-23(28-25(19)27-22)24-17(2)8-7-9-18(24)3/h7-15H,1-6H3. The van der Waals surface area contributed by atoms with Crippen LogP contribution in [0.15, 0.2) is 54.6 Å². The lowest BCUT2D eigenvalue weighted by Crippen LogP contribution is -2.11. The van der Waals surface area contributed by atoms with Gasteiger partial charge in [0, 0.05) is 15.8 Å². The molecule has 4 aromatic rings. The molecule has 0 aliphatic carbocycles. The van der Waals surface area contributed by atoms with E-state index in [1.165, 1.54) is 43.6 Å². The third kappa shape index (κ3) is 3.49. The zero-order chi connectivity index (χ0) is 20.1. The number of aryl methyl sites for hydroxylation is 3. The van der Waals surface area contributed by atoms with Gasteiger partial charge < -0.3 is 0 Å². The maximum Gasteiger partial charge on any atom is 0.124 e. The Morgan fingerprint density at radius 3 is 2.21 bits per heavy atom. The van der Waals surface area contributed by atoms with Gasteiger partial charge in [-0.25, -0.2) is 4.98 Å². The highest BCUT2D eigenvalue weighted by Crippen LogP contribution is 2.37. The average Bonchev–Trinajstić information content (AvgIpc) is 3.03. The maximum atomic E-state index is 5.03. The fraction of sp³-hybridized carbons (Fsp3) is 0.269. The fourth-order valence-electron chi connectivity index (χ4n) is 3.77. The quantitative estimate of drug-likeness (QED) is 0.342. The van der Waals surface area contributed by atoms with Crippen molar-refractivity contribution in [2.45, 2.75) is 47.0 Å². The molecule has 28 heavy (non-hydrogen) atoms. The molecule has 2 heteroatoms. The molecule has 4 rings (SSSR count). The van der Waals surface area contributed by atoms with Crippen molar-refractivity contribution in [2.24, 2.45) is 0 Å². The first kappa shape index (κ1) is 18.9. The van der Waals surface area contributed by atoms with E-state index in [2.05, 4.69) is 96.1 Å². The van der Waals surface area contributed by atoms with Crippen LogP contribution in [0, 0.1) is 20.8 Å². The van der Waals surface area contributed by atoms with Crippen LogP contribution in [0.25, 0.3) is 31.9 Å². The van der Waals surface area contributed by atoms with Gasteiger partial charge in [0.1, 0.15) is 4.83 Å². The van der Waals surface area contributed by atoms with Crippen molar-refractivity contribution in [3.63, 3.8) is 0 Å². The molecule has 0 aliphatic heterocycles. The van der Waals surface area contributed by atoms with Crippen molar-refractivity contribution in [1.29, 1.82) is 0 Å². The Morgan fingerprint density at radius 1 is 0.821 bits per heavy atom. The van der Waals surface area contributed by atoms with Crippen LogP contribution >= 0.6 is 11.3 Å². The molecule has 0 N–H and O–H groups in total. The summed E-state index contributed by atoms with van der Waals surface area (Å²) in [6, 6.07) is 20.0.